The summed E-state index contributed by atoms with van der Waals surface area (Å²) in [5.41, 5.74) is 3.46. The van der Waals surface area contributed by atoms with Gasteiger partial charge < -0.3 is 9.64 Å². The van der Waals surface area contributed by atoms with Gasteiger partial charge in [-0.05, 0) is 37.0 Å². The van der Waals surface area contributed by atoms with Gasteiger partial charge >= 0.3 is 5.97 Å². The lowest BCUT2D eigenvalue weighted by Crippen LogP contribution is -2.31. The van der Waals surface area contributed by atoms with Crippen LogP contribution in [-0.2, 0) is 20.7 Å². The predicted molar refractivity (Wildman–Crippen MR) is 76.3 cm³/mol. The van der Waals surface area contributed by atoms with Gasteiger partial charge in [0.1, 0.15) is 0 Å². The number of carbonyl (C=O) groups excluding carboxylic acids is 2. The van der Waals surface area contributed by atoms with E-state index in [9.17, 15) is 9.59 Å². The Hall–Kier alpha value is -1.84. The number of benzene rings is 1. The molecule has 1 atom stereocenters. The monoisotopic (exact) mass is 275 g/mol. The molecule has 1 saturated heterocycles. The Kier molecular flexibility index (Phi) is 4.42. The number of hydrogen-bond donors (Lipinski definition) is 0. The molecule has 108 valence electrons. The van der Waals surface area contributed by atoms with Crippen molar-refractivity contribution in [3.8, 4) is 0 Å². The molecule has 0 aliphatic carbocycles. The van der Waals surface area contributed by atoms with Crippen molar-refractivity contribution in [1.29, 1.82) is 0 Å². The number of aryl methyl sites for hydroxylation is 2. The third-order valence-corrected chi connectivity index (χ3v) is 4.00. The van der Waals surface area contributed by atoms with E-state index in [-0.39, 0.29) is 17.8 Å². The minimum atomic E-state index is -0.216. The normalized spacial score (nSPS) is 18.1. The molecular weight excluding hydrogens is 254 g/mol. The van der Waals surface area contributed by atoms with Crippen molar-refractivity contribution in [3.05, 3.63) is 34.9 Å². The van der Waals surface area contributed by atoms with Crippen molar-refractivity contribution < 1.29 is 14.3 Å². The van der Waals surface area contributed by atoms with Gasteiger partial charge in [-0.25, -0.2) is 0 Å². The molecule has 1 aliphatic rings. The molecule has 0 saturated carbocycles. The van der Waals surface area contributed by atoms with E-state index in [0.717, 1.165) is 5.56 Å². The number of ether oxygens (including phenoxy) is 1. The Labute approximate surface area is 119 Å². The molecule has 0 N–H and O–H groups in total. The number of nitrogens with zero attached hydrogens (tertiary/aromatic N) is 1. The Morgan fingerprint density at radius 2 is 2.05 bits per heavy atom. The lowest BCUT2D eigenvalue weighted by molar-refractivity contribution is -0.145. The van der Waals surface area contributed by atoms with Crippen molar-refractivity contribution in [2.24, 2.45) is 5.92 Å². The van der Waals surface area contributed by atoms with Crippen LogP contribution in [0, 0.1) is 19.8 Å². The molecule has 20 heavy (non-hydrogen) atoms. The zero-order valence-corrected chi connectivity index (χ0v) is 12.3. The first kappa shape index (κ1) is 14.6. The minimum Gasteiger partial charge on any atom is -0.469 e. The molecule has 4 nitrogen and oxygen atoms in total. The Morgan fingerprint density at radius 3 is 2.70 bits per heavy atom. The average Bonchev–Trinajstić information content (AvgIpc) is 2.92. The number of hydrogen-bond acceptors (Lipinski definition) is 3. The van der Waals surface area contributed by atoms with Crippen LogP contribution in [0.5, 0.6) is 0 Å². The van der Waals surface area contributed by atoms with Crippen LogP contribution in [0.25, 0.3) is 0 Å². The summed E-state index contributed by atoms with van der Waals surface area (Å²) in [5, 5.41) is 0. The fourth-order valence-corrected chi connectivity index (χ4v) is 2.55. The summed E-state index contributed by atoms with van der Waals surface area (Å²) < 4.78 is 4.73. The molecule has 0 aromatic heterocycles. The quantitative estimate of drug-likeness (QED) is 0.791. The number of rotatable bonds is 3. The number of esters is 1. The fourth-order valence-electron chi connectivity index (χ4n) is 2.55. The molecule has 0 bridgehead atoms. The highest BCUT2D eigenvalue weighted by atomic mass is 16.5. The maximum absolute atomic E-state index is 12.2. The molecule has 2 rings (SSSR count). The van der Waals surface area contributed by atoms with Gasteiger partial charge in [-0.3, -0.25) is 9.59 Å². The minimum absolute atomic E-state index is 0.0830. The van der Waals surface area contributed by atoms with E-state index in [4.69, 9.17) is 4.74 Å². The fraction of sp³-hybridized carbons (Fsp3) is 0.500. The van der Waals surface area contributed by atoms with Gasteiger partial charge in [0.2, 0.25) is 5.91 Å². The maximum Gasteiger partial charge on any atom is 0.310 e. The smallest absolute Gasteiger partial charge is 0.310 e. The summed E-state index contributed by atoms with van der Waals surface area (Å²) in [6, 6.07) is 6.09. The predicted octanol–water partition coefficient (Wildman–Crippen LogP) is 1.87. The summed E-state index contributed by atoms with van der Waals surface area (Å²) in [6.07, 6.45) is 1.10. The molecule has 1 fully saturated rings. The molecule has 1 amide bonds. The number of carbonyl (C=O) groups is 2. The number of amides is 1. The third-order valence-electron chi connectivity index (χ3n) is 4.00. The van der Waals surface area contributed by atoms with Gasteiger partial charge in [0.25, 0.3) is 0 Å². The Balaban J connectivity index is 1.96. The highest BCUT2D eigenvalue weighted by molar-refractivity contribution is 5.81. The molecule has 4 heteroatoms. The highest BCUT2D eigenvalue weighted by Crippen LogP contribution is 2.19. The lowest BCUT2D eigenvalue weighted by Gasteiger charge is -2.16. The van der Waals surface area contributed by atoms with Gasteiger partial charge in [0, 0.05) is 13.1 Å². The molecule has 1 heterocycles. The third kappa shape index (κ3) is 3.18. The Morgan fingerprint density at radius 1 is 1.30 bits per heavy atom. The van der Waals surface area contributed by atoms with Gasteiger partial charge in [0.15, 0.2) is 0 Å². The zero-order chi connectivity index (χ0) is 14.7. The van der Waals surface area contributed by atoms with E-state index in [1.54, 1.807) is 4.90 Å². The van der Waals surface area contributed by atoms with Crippen molar-refractivity contribution in [2.75, 3.05) is 20.2 Å². The van der Waals surface area contributed by atoms with E-state index < -0.39 is 0 Å². The van der Waals surface area contributed by atoms with Crippen molar-refractivity contribution >= 4 is 11.9 Å². The van der Waals surface area contributed by atoms with Crippen molar-refractivity contribution in [3.63, 3.8) is 0 Å². The molecule has 0 spiro atoms. The summed E-state index contributed by atoms with van der Waals surface area (Å²) in [7, 11) is 1.39. The second-order valence-electron chi connectivity index (χ2n) is 5.44. The summed E-state index contributed by atoms with van der Waals surface area (Å²) >= 11 is 0. The molecule has 0 radical (unpaired) electrons. The van der Waals surface area contributed by atoms with E-state index in [0.29, 0.717) is 25.9 Å². The molecule has 1 aromatic carbocycles. The second-order valence-corrected chi connectivity index (χ2v) is 5.44. The largest absolute Gasteiger partial charge is 0.469 e. The summed E-state index contributed by atoms with van der Waals surface area (Å²) in [4.78, 5) is 25.5. The second kappa shape index (κ2) is 6.07. The first-order valence-corrected chi connectivity index (χ1v) is 6.93. The summed E-state index contributed by atoms with van der Waals surface area (Å²) in [6.45, 7) is 5.23. The van der Waals surface area contributed by atoms with E-state index in [1.165, 1.54) is 18.2 Å². The topological polar surface area (TPSA) is 46.6 Å². The van der Waals surface area contributed by atoms with Crippen LogP contribution in [0.4, 0.5) is 0 Å². The van der Waals surface area contributed by atoms with Crippen LogP contribution < -0.4 is 0 Å². The zero-order valence-electron chi connectivity index (χ0n) is 12.3. The van der Waals surface area contributed by atoms with Crippen LogP contribution in [-0.4, -0.2) is 37.0 Å². The number of likely N-dealkylation sites (tertiary alicyclic amines) is 1. The average molecular weight is 275 g/mol. The molecule has 1 aliphatic heterocycles. The van der Waals surface area contributed by atoms with E-state index >= 15 is 0 Å². The van der Waals surface area contributed by atoms with Gasteiger partial charge in [-0.1, -0.05) is 18.2 Å². The SMILES string of the molecule is COC(=O)C1CCN(C(=O)Cc2ccc(C)c(C)c2)C1. The van der Waals surface area contributed by atoms with E-state index in [1.807, 2.05) is 19.1 Å². The Bertz CT molecular complexity index is 524. The standard InChI is InChI=1S/C16H21NO3/c1-11-4-5-13(8-12(11)2)9-15(18)17-7-6-14(10-17)16(19)20-3/h4-5,8,14H,6-7,9-10H2,1-3H3. The lowest BCUT2D eigenvalue weighted by atomic mass is 10.0. The van der Waals surface area contributed by atoms with Crippen LogP contribution in [0.1, 0.15) is 23.1 Å². The first-order valence-electron chi connectivity index (χ1n) is 6.93. The van der Waals surface area contributed by atoms with Gasteiger partial charge in [0.05, 0.1) is 19.4 Å². The van der Waals surface area contributed by atoms with Gasteiger partial charge in [-0.2, -0.15) is 0 Å². The number of methoxy groups -OCH3 is 1. The van der Waals surface area contributed by atoms with E-state index in [2.05, 4.69) is 13.0 Å². The first-order chi connectivity index (χ1) is 9.51. The van der Waals surface area contributed by atoms with Crippen LogP contribution in [0.15, 0.2) is 18.2 Å². The van der Waals surface area contributed by atoms with Gasteiger partial charge in [-0.15, -0.1) is 0 Å². The van der Waals surface area contributed by atoms with Crippen molar-refractivity contribution in [2.45, 2.75) is 26.7 Å². The maximum atomic E-state index is 12.2. The molecule has 1 unspecified atom stereocenters. The van der Waals surface area contributed by atoms with Crippen molar-refractivity contribution in [1.82, 2.24) is 4.90 Å². The van der Waals surface area contributed by atoms with Crippen LogP contribution in [0.3, 0.4) is 0 Å². The van der Waals surface area contributed by atoms with Crippen LogP contribution >= 0.6 is 0 Å². The molecule has 1 aromatic rings. The highest BCUT2D eigenvalue weighted by Gasteiger charge is 2.31. The molecular formula is C16H21NO3. The van der Waals surface area contributed by atoms with Crippen LogP contribution in [0.2, 0.25) is 0 Å². The summed E-state index contributed by atoms with van der Waals surface area (Å²) in [5.74, 6) is -0.296.